The summed E-state index contributed by atoms with van der Waals surface area (Å²) in [4.78, 5) is 0. The van der Waals surface area contributed by atoms with Gasteiger partial charge in [0.25, 0.3) is 0 Å². The lowest BCUT2D eigenvalue weighted by Gasteiger charge is -2.03. The van der Waals surface area contributed by atoms with Crippen LogP contribution >= 0.6 is 0 Å². The molecule has 2 nitrogen and oxygen atoms in total. The zero-order valence-electron chi connectivity index (χ0n) is 5.49. The minimum Gasteiger partial charge on any atom is -0.375 e. The minimum atomic E-state index is -0.902. The third-order valence-corrected chi connectivity index (χ3v) is 1.28. The molecule has 0 spiro atoms. The highest BCUT2D eigenvalue weighted by atomic mass is 16.3. The van der Waals surface area contributed by atoms with Gasteiger partial charge in [-0.2, -0.15) is 0 Å². The first-order chi connectivity index (χ1) is 4.70. The van der Waals surface area contributed by atoms with Crippen molar-refractivity contribution in [1.29, 1.82) is 0 Å². The first kappa shape index (κ1) is 7.31. The molecule has 0 aliphatic heterocycles. The van der Waals surface area contributed by atoms with Crippen molar-refractivity contribution in [3.05, 3.63) is 29.8 Å². The van der Waals surface area contributed by atoms with E-state index in [-0.39, 0.29) is 0 Å². The molecule has 0 heterocycles. The Labute approximate surface area is 61.1 Å². The van der Waals surface area contributed by atoms with Gasteiger partial charge in [0.05, 0.1) is 0 Å². The fourth-order valence-corrected chi connectivity index (χ4v) is 0.693. The molecule has 2 radical (unpaired) electrons. The number of nitrogens with two attached hydrogens (primary N) is 1. The van der Waals surface area contributed by atoms with Crippen molar-refractivity contribution >= 4 is 13.3 Å². The molecule has 0 saturated heterocycles. The molecule has 1 aromatic rings. The van der Waals surface area contributed by atoms with Gasteiger partial charge in [0.2, 0.25) is 0 Å². The van der Waals surface area contributed by atoms with Crippen molar-refractivity contribution in [2.45, 2.75) is 6.23 Å². The summed E-state index contributed by atoms with van der Waals surface area (Å²) in [5.41, 5.74) is 6.52. The molecule has 3 N–H and O–H groups in total. The van der Waals surface area contributed by atoms with Crippen LogP contribution in [0.5, 0.6) is 0 Å². The normalized spacial score (nSPS) is 13.0. The molecule has 0 aliphatic carbocycles. The summed E-state index contributed by atoms with van der Waals surface area (Å²) in [5, 5.41) is 8.85. The first-order valence-electron chi connectivity index (χ1n) is 2.99. The van der Waals surface area contributed by atoms with E-state index in [1.54, 1.807) is 24.3 Å². The summed E-state index contributed by atoms with van der Waals surface area (Å²) < 4.78 is 0. The lowest BCUT2D eigenvalue weighted by atomic mass is 9.95. The second-order valence-corrected chi connectivity index (χ2v) is 2.11. The second-order valence-electron chi connectivity index (χ2n) is 2.11. The highest BCUT2D eigenvalue weighted by Gasteiger charge is 1.97. The van der Waals surface area contributed by atoms with E-state index >= 15 is 0 Å². The van der Waals surface area contributed by atoms with Crippen LogP contribution < -0.4 is 11.2 Å². The molecule has 1 aromatic carbocycles. The van der Waals surface area contributed by atoms with Crippen molar-refractivity contribution in [3.63, 3.8) is 0 Å². The van der Waals surface area contributed by atoms with E-state index in [1.165, 1.54) is 0 Å². The number of aliphatic hydroxyl groups is 1. The number of benzene rings is 1. The van der Waals surface area contributed by atoms with Crippen LogP contribution in [0.25, 0.3) is 0 Å². The molecule has 10 heavy (non-hydrogen) atoms. The Morgan fingerprint density at radius 3 is 2.20 bits per heavy atom. The van der Waals surface area contributed by atoms with Crippen LogP contribution in [0.1, 0.15) is 11.8 Å². The van der Waals surface area contributed by atoms with E-state index in [4.69, 9.17) is 18.7 Å². The average molecular weight is 133 g/mol. The van der Waals surface area contributed by atoms with Crippen LogP contribution in [0.15, 0.2) is 24.3 Å². The van der Waals surface area contributed by atoms with E-state index in [0.717, 1.165) is 0 Å². The summed E-state index contributed by atoms with van der Waals surface area (Å²) in [7, 11) is 5.40. The molecular weight excluding hydrogens is 125 g/mol. The van der Waals surface area contributed by atoms with Gasteiger partial charge in [0, 0.05) is 0 Å². The van der Waals surface area contributed by atoms with Crippen molar-refractivity contribution in [3.8, 4) is 0 Å². The molecule has 0 saturated carbocycles. The average Bonchev–Trinajstić information content (AvgIpc) is 1.88. The van der Waals surface area contributed by atoms with Crippen molar-refractivity contribution < 1.29 is 5.11 Å². The predicted molar refractivity (Wildman–Crippen MR) is 41.0 cm³/mol. The first-order valence-corrected chi connectivity index (χ1v) is 2.99. The minimum absolute atomic E-state index is 0.671. The quantitative estimate of drug-likeness (QED) is 0.398. The molecule has 0 fully saturated rings. The van der Waals surface area contributed by atoms with E-state index in [1.807, 2.05) is 0 Å². The fourth-order valence-electron chi connectivity index (χ4n) is 0.693. The summed E-state index contributed by atoms with van der Waals surface area (Å²) in [6.07, 6.45) is -0.902. The van der Waals surface area contributed by atoms with Gasteiger partial charge in [-0.1, -0.05) is 29.7 Å². The van der Waals surface area contributed by atoms with Gasteiger partial charge >= 0.3 is 0 Å². The maximum Gasteiger partial charge on any atom is 0.128 e. The third kappa shape index (κ3) is 1.59. The van der Waals surface area contributed by atoms with Gasteiger partial charge in [-0.05, 0) is 5.56 Å². The second kappa shape index (κ2) is 2.86. The lowest BCUT2D eigenvalue weighted by molar-refractivity contribution is 0.186. The molecule has 50 valence electrons. The Bertz CT molecular complexity index is 207. The van der Waals surface area contributed by atoms with Crippen molar-refractivity contribution in [1.82, 2.24) is 0 Å². The largest absolute Gasteiger partial charge is 0.375 e. The van der Waals surface area contributed by atoms with Gasteiger partial charge in [0.1, 0.15) is 14.1 Å². The predicted octanol–water partition coefficient (Wildman–Crippen LogP) is -0.570. The van der Waals surface area contributed by atoms with Crippen LogP contribution in [0.3, 0.4) is 0 Å². The number of rotatable bonds is 1. The molecule has 0 amide bonds. The molecule has 1 rings (SSSR count). The SMILES string of the molecule is [B]c1ccc(C(N)O)cc1. The molecule has 0 bridgehead atoms. The topological polar surface area (TPSA) is 46.2 Å². The number of hydrogen-bond donors (Lipinski definition) is 2. The third-order valence-electron chi connectivity index (χ3n) is 1.28. The van der Waals surface area contributed by atoms with E-state index in [9.17, 15) is 0 Å². The highest BCUT2D eigenvalue weighted by Crippen LogP contribution is 2.02. The highest BCUT2D eigenvalue weighted by molar-refractivity contribution is 6.32. The Hall–Kier alpha value is -0.795. The summed E-state index contributed by atoms with van der Waals surface area (Å²) in [6.45, 7) is 0. The maximum absolute atomic E-state index is 8.85. The zero-order valence-corrected chi connectivity index (χ0v) is 5.49. The monoisotopic (exact) mass is 133 g/mol. The van der Waals surface area contributed by atoms with Crippen molar-refractivity contribution in [2.75, 3.05) is 0 Å². The summed E-state index contributed by atoms with van der Waals surface area (Å²) >= 11 is 0. The van der Waals surface area contributed by atoms with E-state index < -0.39 is 6.23 Å². The Morgan fingerprint density at radius 1 is 1.30 bits per heavy atom. The van der Waals surface area contributed by atoms with Gasteiger partial charge in [-0.15, -0.1) is 0 Å². The zero-order chi connectivity index (χ0) is 7.56. The van der Waals surface area contributed by atoms with E-state index in [2.05, 4.69) is 0 Å². The van der Waals surface area contributed by atoms with Crippen LogP contribution in [-0.4, -0.2) is 13.0 Å². The van der Waals surface area contributed by atoms with Gasteiger partial charge in [-0.3, -0.25) is 0 Å². The Kier molecular flexibility index (Phi) is 2.09. The van der Waals surface area contributed by atoms with Gasteiger partial charge < -0.3 is 10.8 Å². The van der Waals surface area contributed by atoms with Gasteiger partial charge in [0.15, 0.2) is 0 Å². The number of aliphatic hydroxyl groups excluding tert-OH is 1. The molecule has 3 heteroatoms. The van der Waals surface area contributed by atoms with E-state index in [0.29, 0.717) is 11.0 Å². The van der Waals surface area contributed by atoms with Crippen LogP contribution in [0, 0.1) is 0 Å². The Morgan fingerprint density at radius 2 is 1.80 bits per heavy atom. The standard InChI is InChI=1S/C7H8BNO/c8-6-3-1-5(2-4-6)7(9)10/h1-4,7,10H,9H2. The molecular formula is C7H8BNO. The summed E-state index contributed by atoms with van der Waals surface area (Å²) in [5.74, 6) is 0. The van der Waals surface area contributed by atoms with Crippen LogP contribution in [0.4, 0.5) is 0 Å². The molecule has 0 aromatic heterocycles. The fraction of sp³-hybridized carbons (Fsp3) is 0.143. The smallest absolute Gasteiger partial charge is 0.128 e. The Balaban J connectivity index is 2.89. The molecule has 0 aliphatic rings. The van der Waals surface area contributed by atoms with Crippen molar-refractivity contribution in [2.24, 2.45) is 5.73 Å². The van der Waals surface area contributed by atoms with Crippen LogP contribution in [0.2, 0.25) is 0 Å². The van der Waals surface area contributed by atoms with Crippen LogP contribution in [-0.2, 0) is 0 Å². The lowest BCUT2D eigenvalue weighted by Crippen LogP contribution is -2.10. The maximum atomic E-state index is 8.85. The number of hydrogen-bond acceptors (Lipinski definition) is 2. The molecule has 1 unspecified atom stereocenters. The molecule has 1 atom stereocenters. The summed E-state index contributed by atoms with van der Waals surface area (Å²) in [6, 6.07) is 6.79. The van der Waals surface area contributed by atoms with Gasteiger partial charge in [-0.25, -0.2) is 0 Å².